The van der Waals surface area contributed by atoms with Crippen LogP contribution in [0.4, 0.5) is 4.39 Å². The summed E-state index contributed by atoms with van der Waals surface area (Å²) < 4.78 is 39.6. The van der Waals surface area contributed by atoms with Crippen molar-refractivity contribution in [3.8, 4) is 0 Å². The molecule has 1 saturated heterocycles. The number of carbonyl (C=O) groups is 2. The van der Waals surface area contributed by atoms with E-state index in [0.29, 0.717) is 38.3 Å². The monoisotopic (exact) mass is 479 g/mol. The number of piperazine rings is 1. The first-order valence-electron chi connectivity index (χ1n) is 10.0. The summed E-state index contributed by atoms with van der Waals surface area (Å²) in [6, 6.07) is 9.84. The normalized spacial score (nSPS) is 14.7. The van der Waals surface area contributed by atoms with Crippen molar-refractivity contribution < 1.29 is 22.4 Å². The molecule has 2 aromatic carbocycles. The van der Waals surface area contributed by atoms with E-state index in [1.54, 1.807) is 34.9 Å². The van der Waals surface area contributed by atoms with E-state index in [0.717, 1.165) is 6.07 Å². The number of carbonyl (C=O) groups excluding carboxylic acids is 2. The third-order valence-corrected chi connectivity index (χ3v) is 6.86. The molecule has 0 aromatic heterocycles. The summed E-state index contributed by atoms with van der Waals surface area (Å²) in [5.41, 5.74) is 0.918. The van der Waals surface area contributed by atoms with Crippen LogP contribution >= 0.6 is 11.6 Å². The van der Waals surface area contributed by atoms with Crippen molar-refractivity contribution in [2.45, 2.75) is 11.8 Å². The van der Waals surface area contributed by atoms with Gasteiger partial charge in [-0.05, 0) is 42.0 Å². The van der Waals surface area contributed by atoms with E-state index in [4.69, 9.17) is 11.6 Å². The SMILES string of the molecule is CCNS(=O)(=O)c1ccc(/C=C/C(=O)N2CCN(C(=O)c3ccc(F)cc3Cl)CC2)cc1. The predicted octanol–water partition coefficient (Wildman–Crippen LogP) is 2.78. The molecule has 7 nitrogen and oxygen atoms in total. The molecule has 1 N–H and O–H groups in total. The molecule has 1 heterocycles. The molecule has 3 rings (SSSR count). The standard InChI is InChI=1S/C22H23ClFN3O4S/c1-2-25-32(30,31)18-7-3-16(4-8-18)5-10-21(28)26-11-13-27(14-12-26)22(29)19-9-6-17(24)15-20(19)23/h3-10,15,25H,2,11-14H2,1H3/b10-5+. The van der Waals surface area contributed by atoms with Crippen LogP contribution in [-0.2, 0) is 14.8 Å². The Labute approximate surface area is 191 Å². The van der Waals surface area contributed by atoms with Gasteiger partial charge >= 0.3 is 0 Å². The van der Waals surface area contributed by atoms with Crippen molar-refractivity contribution in [1.82, 2.24) is 14.5 Å². The van der Waals surface area contributed by atoms with Crippen molar-refractivity contribution in [3.63, 3.8) is 0 Å². The summed E-state index contributed by atoms with van der Waals surface area (Å²) in [5.74, 6) is -1.02. The van der Waals surface area contributed by atoms with Gasteiger partial charge in [0.05, 0.1) is 15.5 Å². The van der Waals surface area contributed by atoms with Crippen LogP contribution in [0.2, 0.25) is 5.02 Å². The first kappa shape index (κ1) is 23.9. The fraction of sp³-hybridized carbons (Fsp3) is 0.273. The van der Waals surface area contributed by atoms with Gasteiger partial charge in [-0.1, -0.05) is 30.7 Å². The minimum absolute atomic E-state index is 0.0562. The Hall–Kier alpha value is -2.75. The molecule has 0 bridgehead atoms. The van der Waals surface area contributed by atoms with Crippen molar-refractivity contribution in [2.24, 2.45) is 0 Å². The molecule has 10 heteroatoms. The first-order chi connectivity index (χ1) is 15.2. The highest BCUT2D eigenvalue weighted by Crippen LogP contribution is 2.20. The highest BCUT2D eigenvalue weighted by molar-refractivity contribution is 7.89. The molecule has 1 fully saturated rings. The third-order valence-electron chi connectivity index (χ3n) is 4.98. The second-order valence-corrected chi connectivity index (χ2v) is 9.32. The van der Waals surface area contributed by atoms with Crippen molar-refractivity contribution in [1.29, 1.82) is 0 Å². The van der Waals surface area contributed by atoms with Crippen LogP contribution < -0.4 is 4.72 Å². The van der Waals surface area contributed by atoms with Gasteiger partial charge in [0, 0.05) is 38.8 Å². The Bertz CT molecular complexity index is 1130. The zero-order valence-electron chi connectivity index (χ0n) is 17.4. The summed E-state index contributed by atoms with van der Waals surface area (Å²) in [4.78, 5) is 28.5. The Morgan fingerprint density at radius 1 is 1.06 bits per heavy atom. The van der Waals surface area contributed by atoms with E-state index in [9.17, 15) is 22.4 Å². The van der Waals surface area contributed by atoms with Crippen LogP contribution in [-0.4, -0.2) is 62.8 Å². The molecule has 170 valence electrons. The third kappa shape index (κ3) is 5.73. The Balaban J connectivity index is 1.56. The molecule has 1 aliphatic rings. The van der Waals surface area contributed by atoms with Crippen LogP contribution in [0.1, 0.15) is 22.8 Å². The van der Waals surface area contributed by atoms with Crippen LogP contribution in [0.3, 0.4) is 0 Å². The summed E-state index contributed by atoms with van der Waals surface area (Å²) in [7, 11) is -3.52. The number of nitrogens with zero attached hydrogens (tertiary/aromatic N) is 2. The lowest BCUT2D eigenvalue weighted by Gasteiger charge is -2.34. The van der Waals surface area contributed by atoms with E-state index in [2.05, 4.69) is 4.72 Å². The molecule has 0 unspecified atom stereocenters. The molecule has 2 amide bonds. The van der Waals surface area contributed by atoms with Gasteiger partial charge in [-0.3, -0.25) is 9.59 Å². The van der Waals surface area contributed by atoms with Gasteiger partial charge in [-0.15, -0.1) is 0 Å². The fourth-order valence-electron chi connectivity index (χ4n) is 3.27. The predicted molar refractivity (Wildman–Crippen MR) is 120 cm³/mol. The van der Waals surface area contributed by atoms with Crippen molar-refractivity contribution in [2.75, 3.05) is 32.7 Å². The van der Waals surface area contributed by atoms with Crippen LogP contribution in [0, 0.1) is 5.82 Å². The van der Waals surface area contributed by atoms with Crippen LogP contribution in [0.25, 0.3) is 6.08 Å². The van der Waals surface area contributed by atoms with Gasteiger partial charge in [0.1, 0.15) is 5.82 Å². The number of halogens is 2. The second-order valence-electron chi connectivity index (χ2n) is 7.15. The Morgan fingerprint density at radius 2 is 1.69 bits per heavy atom. The number of nitrogens with one attached hydrogen (secondary N) is 1. The second kappa shape index (κ2) is 10.2. The lowest BCUT2D eigenvalue weighted by Crippen LogP contribution is -2.50. The molecule has 32 heavy (non-hydrogen) atoms. The fourth-order valence-corrected chi connectivity index (χ4v) is 4.56. The summed E-state index contributed by atoms with van der Waals surface area (Å²) in [6.45, 7) is 3.38. The number of sulfonamides is 1. The summed E-state index contributed by atoms with van der Waals surface area (Å²) >= 11 is 5.97. The topological polar surface area (TPSA) is 86.8 Å². The summed E-state index contributed by atoms with van der Waals surface area (Å²) in [6.07, 6.45) is 3.03. The molecule has 0 spiro atoms. The number of benzene rings is 2. The summed E-state index contributed by atoms with van der Waals surface area (Å²) in [5, 5.41) is 0.0562. The van der Waals surface area contributed by atoms with Crippen LogP contribution in [0.5, 0.6) is 0 Å². The van der Waals surface area contributed by atoms with E-state index < -0.39 is 15.8 Å². The lowest BCUT2D eigenvalue weighted by molar-refractivity contribution is -0.127. The zero-order chi connectivity index (χ0) is 23.3. The molecular formula is C22H23ClFN3O4S. The maximum Gasteiger partial charge on any atom is 0.255 e. The first-order valence-corrected chi connectivity index (χ1v) is 11.9. The van der Waals surface area contributed by atoms with Gasteiger partial charge in [0.15, 0.2) is 0 Å². The van der Waals surface area contributed by atoms with E-state index in [1.807, 2.05) is 0 Å². The number of rotatable bonds is 6. The molecule has 0 aliphatic carbocycles. The molecule has 0 radical (unpaired) electrons. The minimum Gasteiger partial charge on any atom is -0.336 e. The number of hydrogen-bond donors (Lipinski definition) is 1. The van der Waals surface area contributed by atoms with E-state index in [-0.39, 0.29) is 27.3 Å². The molecular weight excluding hydrogens is 457 g/mol. The number of amides is 2. The number of hydrogen-bond acceptors (Lipinski definition) is 4. The van der Waals surface area contributed by atoms with Gasteiger partial charge in [-0.2, -0.15) is 0 Å². The average molecular weight is 480 g/mol. The molecule has 0 saturated carbocycles. The van der Waals surface area contributed by atoms with Gasteiger partial charge in [-0.25, -0.2) is 17.5 Å². The van der Waals surface area contributed by atoms with Crippen LogP contribution in [0.15, 0.2) is 53.4 Å². The molecule has 0 atom stereocenters. The zero-order valence-corrected chi connectivity index (χ0v) is 19.0. The smallest absolute Gasteiger partial charge is 0.255 e. The molecule has 2 aromatic rings. The van der Waals surface area contributed by atoms with Gasteiger partial charge < -0.3 is 9.80 Å². The van der Waals surface area contributed by atoms with E-state index in [1.165, 1.54) is 30.3 Å². The average Bonchev–Trinajstić information content (AvgIpc) is 2.77. The highest BCUT2D eigenvalue weighted by Gasteiger charge is 2.25. The lowest BCUT2D eigenvalue weighted by atomic mass is 10.1. The van der Waals surface area contributed by atoms with Gasteiger partial charge in [0.2, 0.25) is 15.9 Å². The van der Waals surface area contributed by atoms with Gasteiger partial charge in [0.25, 0.3) is 5.91 Å². The highest BCUT2D eigenvalue weighted by atomic mass is 35.5. The largest absolute Gasteiger partial charge is 0.336 e. The molecule has 1 aliphatic heterocycles. The minimum atomic E-state index is -3.52. The maximum atomic E-state index is 13.2. The Kier molecular flexibility index (Phi) is 7.65. The van der Waals surface area contributed by atoms with Crippen molar-refractivity contribution in [3.05, 3.63) is 70.5 Å². The quantitative estimate of drug-likeness (QED) is 0.645. The van der Waals surface area contributed by atoms with Crippen molar-refractivity contribution >= 4 is 39.5 Å². The van der Waals surface area contributed by atoms with E-state index >= 15 is 0 Å². The maximum absolute atomic E-state index is 13.2. The Morgan fingerprint density at radius 3 is 2.28 bits per heavy atom.